The molecule has 0 bridgehead atoms. The van der Waals surface area contributed by atoms with Crippen LogP contribution in [0.15, 0.2) is 42.5 Å². The Hall–Kier alpha value is -2.90. The molecule has 0 atom stereocenters. The monoisotopic (exact) mass is 341 g/mol. The second-order valence-electron chi connectivity index (χ2n) is 4.90. The van der Waals surface area contributed by atoms with Gasteiger partial charge in [0.2, 0.25) is 0 Å². The van der Waals surface area contributed by atoms with E-state index in [1.165, 1.54) is 24.3 Å². The van der Waals surface area contributed by atoms with Gasteiger partial charge in [-0.2, -0.15) is 0 Å². The summed E-state index contributed by atoms with van der Waals surface area (Å²) in [6.45, 7) is 0.254. The summed E-state index contributed by atoms with van der Waals surface area (Å²) in [6.07, 6.45) is -4.37. The Balaban J connectivity index is 1.87. The van der Waals surface area contributed by atoms with Gasteiger partial charge in [0.1, 0.15) is 5.75 Å². The van der Waals surface area contributed by atoms with Gasteiger partial charge in [-0.15, -0.1) is 13.2 Å². The van der Waals surface area contributed by atoms with Crippen molar-refractivity contribution in [2.24, 2.45) is 0 Å². The van der Waals surface area contributed by atoms with Gasteiger partial charge in [0.25, 0.3) is 5.91 Å². The van der Waals surface area contributed by atoms with Gasteiger partial charge in [-0.3, -0.25) is 4.79 Å². The van der Waals surface area contributed by atoms with E-state index in [0.29, 0.717) is 12.0 Å². The molecule has 0 heterocycles. The van der Waals surface area contributed by atoms with Crippen LogP contribution in [0.3, 0.4) is 0 Å². The molecule has 0 aliphatic rings. The summed E-state index contributed by atoms with van der Waals surface area (Å²) in [4.78, 5) is 11.9. The summed E-state index contributed by atoms with van der Waals surface area (Å²) in [6, 6.07) is 8.88. The van der Waals surface area contributed by atoms with Crippen molar-refractivity contribution in [3.63, 3.8) is 0 Å². The van der Waals surface area contributed by atoms with Gasteiger partial charge >= 0.3 is 6.36 Å². The van der Waals surface area contributed by atoms with Gasteiger partial charge in [-0.1, -0.05) is 6.07 Å². The highest BCUT2D eigenvalue weighted by Crippen LogP contribution is 2.25. The van der Waals surface area contributed by atoms with Crippen molar-refractivity contribution >= 4 is 5.91 Å². The van der Waals surface area contributed by atoms with E-state index in [1.54, 1.807) is 6.07 Å². The Morgan fingerprint density at radius 2 is 1.71 bits per heavy atom. The number of alkyl halides is 3. The third-order valence-electron chi connectivity index (χ3n) is 3.09. The molecule has 2 aromatic rings. The molecule has 2 aromatic carbocycles. The number of phenolic OH excluding ortho intramolecular Hbond substituents is 2. The fraction of sp³-hybridized carbons (Fsp3) is 0.188. The highest BCUT2D eigenvalue weighted by Gasteiger charge is 2.31. The molecule has 0 spiro atoms. The smallest absolute Gasteiger partial charge is 0.504 e. The quantitative estimate of drug-likeness (QED) is 0.731. The Labute approximate surface area is 135 Å². The average molecular weight is 341 g/mol. The van der Waals surface area contributed by atoms with Crippen molar-refractivity contribution in [3.05, 3.63) is 53.6 Å². The summed E-state index contributed by atoms with van der Waals surface area (Å²) < 4.78 is 39.9. The lowest BCUT2D eigenvalue weighted by Gasteiger charge is -2.09. The molecule has 0 saturated heterocycles. The SMILES string of the molecule is O=C(NCCc1ccc(O)c(O)c1)c1ccc(OC(F)(F)F)cc1. The lowest BCUT2D eigenvalue weighted by molar-refractivity contribution is -0.274. The molecule has 0 radical (unpaired) electrons. The third kappa shape index (κ3) is 5.08. The minimum absolute atomic E-state index is 0.193. The summed E-state index contributed by atoms with van der Waals surface area (Å²) in [5, 5.41) is 21.2. The van der Waals surface area contributed by atoms with Gasteiger partial charge in [-0.25, -0.2) is 0 Å². The largest absolute Gasteiger partial charge is 0.573 e. The van der Waals surface area contributed by atoms with E-state index < -0.39 is 18.0 Å². The topological polar surface area (TPSA) is 78.8 Å². The van der Waals surface area contributed by atoms with Gasteiger partial charge in [0, 0.05) is 12.1 Å². The maximum absolute atomic E-state index is 12.0. The van der Waals surface area contributed by atoms with Crippen molar-refractivity contribution < 1.29 is 32.9 Å². The molecule has 24 heavy (non-hydrogen) atoms. The molecule has 1 amide bonds. The van der Waals surface area contributed by atoms with Crippen LogP contribution < -0.4 is 10.1 Å². The Morgan fingerprint density at radius 3 is 2.29 bits per heavy atom. The standard InChI is InChI=1S/C16H14F3NO4/c17-16(18,19)24-12-4-2-11(3-5-12)15(23)20-8-7-10-1-6-13(21)14(22)9-10/h1-6,9,21-22H,7-8H2,(H,20,23). The number of carbonyl (C=O) groups is 1. The zero-order chi connectivity index (χ0) is 17.7. The predicted molar refractivity (Wildman–Crippen MR) is 78.9 cm³/mol. The maximum Gasteiger partial charge on any atom is 0.573 e. The van der Waals surface area contributed by atoms with Gasteiger partial charge < -0.3 is 20.3 Å². The lowest BCUT2D eigenvalue weighted by Crippen LogP contribution is -2.25. The molecule has 3 N–H and O–H groups in total. The van der Waals surface area contributed by atoms with E-state index in [-0.39, 0.29) is 23.6 Å². The minimum atomic E-state index is -4.78. The Kier molecular flexibility index (Phi) is 5.18. The third-order valence-corrected chi connectivity index (χ3v) is 3.09. The first-order valence-corrected chi connectivity index (χ1v) is 6.89. The molecular formula is C16H14F3NO4. The Morgan fingerprint density at radius 1 is 1.04 bits per heavy atom. The van der Waals surface area contributed by atoms with Crippen molar-refractivity contribution in [1.29, 1.82) is 0 Å². The number of phenols is 2. The van der Waals surface area contributed by atoms with Crippen LogP contribution in [0.1, 0.15) is 15.9 Å². The van der Waals surface area contributed by atoms with Crippen molar-refractivity contribution in [3.8, 4) is 17.2 Å². The van der Waals surface area contributed by atoms with E-state index in [4.69, 9.17) is 0 Å². The number of nitrogens with one attached hydrogen (secondary N) is 1. The van der Waals surface area contributed by atoms with Gasteiger partial charge in [0.15, 0.2) is 11.5 Å². The number of ether oxygens (including phenoxy) is 1. The maximum atomic E-state index is 12.0. The van der Waals surface area contributed by atoms with E-state index in [1.807, 2.05) is 0 Å². The number of carbonyl (C=O) groups excluding carboxylic acids is 1. The number of halogens is 3. The highest BCUT2D eigenvalue weighted by molar-refractivity contribution is 5.94. The number of benzene rings is 2. The first-order valence-electron chi connectivity index (χ1n) is 6.89. The second kappa shape index (κ2) is 7.12. The number of hydrogen-bond donors (Lipinski definition) is 3. The molecule has 5 nitrogen and oxygen atoms in total. The molecule has 0 fully saturated rings. The first kappa shape index (κ1) is 17.5. The van der Waals surface area contributed by atoms with Crippen molar-refractivity contribution in [2.75, 3.05) is 6.54 Å². The molecule has 128 valence electrons. The van der Waals surface area contributed by atoms with Crippen LogP contribution in [0.5, 0.6) is 17.2 Å². The van der Waals surface area contributed by atoms with Crippen LogP contribution in [0.25, 0.3) is 0 Å². The van der Waals surface area contributed by atoms with E-state index in [0.717, 1.165) is 12.1 Å². The van der Waals surface area contributed by atoms with Crippen LogP contribution in [0, 0.1) is 0 Å². The summed E-state index contributed by atoms with van der Waals surface area (Å²) >= 11 is 0. The summed E-state index contributed by atoms with van der Waals surface area (Å²) in [7, 11) is 0. The number of hydrogen-bond acceptors (Lipinski definition) is 4. The second-order valence-corrected chi connectivity index (χ2v) is 4.90. The molecule has 0 aliphatic carbocycles. The van der Waals surface area contributed by atoms with Crippen LogP contribution in [0.2, 0.25) is 0 Å². The minimum Gasteiger partial charge on any atom is -0.504 e. The number of rotatable bonds is 5. The Bertz CT molecular complexity index is 714. The van der Waals surface area contributed by atoms with Gasteiger partial charge in [-0.05, 0) is 48.4 Å². The van der Waals surface area contributed by atoms with E-state index in [2.05, 4.69) is 10.1 Å². The molecule has 0 saturated carbocycles. The molecule has 8 heteroatoms. The van der Waals surface area contributed by atoms with Crippen molar-refractivity contribution in [2.45, 2.75) is 12.8 Å². The number of aromatic hydroxyl groups is 2. The highest BCUT2D eigenvalue weighted by atomic mass is 19.4. The van der Waals surface area contributed by atoms with Crippen LogP contribution in [-0.4, -0.2) is 29.0 Å². The summed E-state index contributed by atoms with van der Waals surface area (Å²) in [5.41, 5.74) is 0.901. The molecule has 2 rings (SSSR count). The van der Waals surface area contributed by atoms with E-state index >= 15 is 0 Å². The zero-order valence-corrected chi connectivity index (χ0v) is 12.3. The van der Waals surface area contributed by atoms with Crippen LogP contribution in [0.4, 0.5) is 13.2 Å². The normalized spacial score (nSPS) is 11.1. The van der Waals surface area contributed by atoms with Crippen molar-refractivity contribution in [1.82, 2.24) is 5.32 Å². The molecule has 0 aliphatic heterocycles. The van der Waals surface area contributed by atoms with Gasteiger partial charge in [0.05, 0.1) is 0 Å². The average Bonchev–Trinajstić information content (AvgIpc) is 2.50. The first-order chi connectivity index (χ1) is 11.2. The van der Waals surface area contributed by atoms with Crippen LogP contribution in [-0.2, 0) is 6.42 Å². The number of amides is 1. The summed E-state index contributed by atoms with van der Waals surface area (Å²) in [5.74, 6) is -1.33. The fourth-order valence-electron chi connectivity index (χ4n) is 1.95. The molecular weight excluding hydrogens is 327 g/mol. The van der Waals surface area contributed by atoms with Crippen LogP contribution >= 0.6 is 0 Å². The fourth-order valence-corrected chi connectivity index (χ4v) is 1.95. The molecule has 0 aromatic heterocycles. The van der Waals surface area contributed by atoms with E-state index in [9.17, 15) is 28.2 Å². The lowest BCUT2D eigenvalue weighted by atomic mass is 10.1. The predicted octanol–water partition coefficient (Wildman–Crippen LogP) is 2.97. The zero-order valence-electron chi connectivity index (χ0n) is 12.3. The molecule has 0 unspecified atom stereocenters.